The highest BCUT2D eigenvalue weighted by Gasteiger charge is 2.34. The van der Waals surface area contributed by atoms with Crippen molar-refractivity contribution in [2.75, 3.05) is 37.8 Å². The van der Waals surface area contributed by atoms with Crippen LogP contribution in [-0.2, 0) is 10.0 Å². The van der Waals surface area contributed by atoms with E-state index in [1.807, 2.05) is 13.8 Å². The van der Waals surface area contributed by atoms with Gasteiger partial charge in [-0.3, -0.25) is 9.36 Å². The Kier molecular flexibility index (Phi) is 8.55. The lowest BCUT2D eigenvalue weighted by Crippen LogP contribution is -2.34. The molecule has 0 spiro atoms. The lowest BCUT2D eigenvalue weighted by atomic mass is 10.1. The summed E-state index contributed by atoms with van der Waals surface area (Å²) in [4.78, 5) is 36.8. The van der Waals surface area contributed by atoms with Crippen molar-refractivity contribution in [2.24, 2.45) is 11.8 Å². The number of nitrogens with zero attached hydrogens (tertiary/aromatic N) is 7. The number of ether oxygens (including phenoxy) is 1. The Bertz CT molecular complexity index is 1570. The Morgan fingerprint density at radius 3 is 2.51 bits per heavy atom. The standard InChI is InChI=1S/C28H40N8O4S/c1-6-35(41(38,39)7-2)13-12-17(3)14-29-25-28(37)36(18(4)19-8-9-19)26-21(33-25)15-30-24(34-26)22-23(20-10-11-20)31-16-32-27(22)40-5/h15-20H,6-14H2,1-5H3,(H,29,33)/t17?,18-/m1/s1. The fourth-order valence-electron chi connectivity index (χ4n) is 5.23. The van der Waals surface area contributed by atoms with E-state index < -0.39 is 10.0 Å². The molecule has 3 heterocycles. The summed E-state index contributed by atoms with van der Waals surface area (Å²) in [6.45, 7) is 8.96. The molecule has 0 aliphatic heterocycles. The first-order valence-electron chi connectivity index (χ1n) is 14.6. The molecule has 222 valence electrons. The number of hydrogen-bond donors (Lipinski definition) is 1. The minimum atomic E-state index is -3.24. The second-order valence-electron chi connectivity index (χ2n) is 11.2. The van der Waals surface area contributed by atoms with Crippen LogP contribution in [0.4, 0.5) is 5.82 Å². The third kappa shape index (κ3) is 6.20. The lowest BCUT2D eigenvalue weighted by molar-refractivity contribution is 0.390. The van der Waals surface area contributed by atoms with Crippen molar-refractivity contribution >= 4 is 27.0 Å². The van der Waals surface area contributed by atoms with Crippen molar-refractivity contribution in [1.29, 1.82) is 0 Å². The van der Waals surface area contributed by atoms with Crippen LogP contribution in [0.1, 0.15) is 77.5 Å². The molecule has 5 rings (SSSR count). The van der Waals surface area contributed by atoms with Gasteiger partial charge in [0.25, 0.3) is 5.56 Å². The molecule has 2 fully saturated rings. The van der Waals surface area contributed by atoms with Gasteiger partial charge in [0.05, 0.1) is 24.8 Å². The van der Waals surface area contributed by atoms with E-state index in [2.05, 4.69) is 32.2 Å². The average Bonchev–Trinajstić information content (AvgIpc) is 3.89. The number of rotatable bonds is 14. The van der Waals surface area contributed by atoms with Crippen molar-refractivity contribution in [3.8, 4) is 17.3 Å². The molecule has 13 heteroatoms. The number of sulfonamides is 1. The molecule has 2 atom stereocenters. The topological polar surface area (TPSA) is 145 Å². The lowest BCUT2D eigenvalue weighted by Gasteiger charge is -2.22. The van der Waals surface area contributed by atoms with E-state index in [0.29, 0.717) is 66.3 Å². The zero-order valence-electron chi connectivity index (χ0n) is 24.5. The molecule has 0 saturated heterocycles. The number of aromatic nitrogens is 6. The molecular weight excluding hydrogens is 544 g/mol. The molecule has 0 radical (unpaired) electrons. The Hall–Kier alpha value is -3.19. The summed E-state index contributed by atoms with van der Waals surface area (Å²) in [5, 5.41) is 3.24. The summed E-state index contributed by atoms with van der Waals surface area (Å²) in [5.41, 5.74) is 2.31. The van der Waals surface area contributed by atoms with E-state index in [9.17, 15) is 13.2 Å². The van der Waals surface area contributed by atoms with E-state index >= 15 is 0 Å². The molecule has 1 unspecified atom stereocenters. The molecular formula is C28H40N8O4S. The fraction of sp³-hybridized carbons (Fsp3) is 0.643. The van der Waals surface area contributed by atoms with Gasteiger partial charge in [0.2, 0.25) is 15.9 Å². The average molecular weight is 585 g/mol. The zero-order chi connectivity index (χ0) is 29.3. The minimum Gasteiger partial charge on any atom is -0.480 e. The van der Waals surface area contributed by atoms with Gasteiger partial charge >= 0.3 is 0 Å². The number of hydrogen-bond acceptors (Lipinski definition) is 10. The Balaban J connectivity index is 1.45. The van der Waals surface area contributed by atoms with Gasteiger partial charge in [0, 0.05) is 31.6 Å². The summed E-state index contributed by atoms with van der Waals surface area (Å²) < 4.78 is 33.4. The Morgan fingerprint density at radius 1 is 1.12 bits per heavy atom. The van der Waals surface area contributed by atoms with Gasteiger partial charge in [-0.25, -0.2) is 37.6 Å². The maximum absolute atomic E-state index is 13.8. The molecule has 1 N–H and O–H groups in total. The smallest absolute Gasteiger partial charge is 0.295 e. The first-order valence-corrected chi connectivity index (χ1v) is 16.2. The number of fused-ring (bicyclic) bond motifs is 1. The summed E-state index contributed by atoms with van der Waals surface area (Å²) >= 11 is 0. The summed E-state index contributed by atoms with van der Waals surface area (Å²) in [5.74, 6) is 2.02. The second-order valence-corrected chi connectivity index (χ2v) is 13.5. The maximum Gasteiger partial charge on any atom is 0.295 e. The molecule has 0 amide bonds. The Labute approximate surface area is 241 Å². The van der Waals surface area contributed by atoms with Crippen LogP contribution in [0.25, 0.3) is 22.6 Å². The van der Waals surface area contributed by atoms with E-state index in [-0.39, 0.29) is 29.1 Å². The van der Waals surface area contributed by atoms with Gasteiger partial charge in [-0.1, -0.05) is 13.8 Å². The molecule has 2 aliphatic rings. The van der Waals surface area contributed by atoms with Crippen LogP contribution in [0, 0.1) is 11.8 Å². The van der Waals surface area contributed by atoms with Crippen LogP contribution < -0.4 is 15.6 Å². The largest absolute Gasteiger partial charge is 0.480 e. The fourth-order valence-corrected chi connectivity index (χ4v) is 6.37. The predicted octanol–water partition coefficient (Wildman–Crippen LogP) is 3.61. The maximum atomic E-state index is 13.8. The molecule has 2 aliphatic carbocycles. The normalized spacial score (nSPS) is 17.1. The van der Waals surface area contributed by atoms with Crippen LogP contribution in [0.15, 0.2) is 17.3 Å². The van der Waals surface area contributed by atoms with Crippen molar-refractivity contribution < 1.29 is 13.2 Å². The first-order chi connectivity index (χ1) is 19.7. The van der Waals surface area contributed by atoms with Crippen molar-refractivity contribution in [3.05, 3.63) is 28.6 Å². The van der Waals surface area contributed by atoms with Crippen molar-refractivity contribution in [3.63, 3.8) is 0 Å². The van der Waals surface area contributed by atoms with Crippen LogP contribution in [0.2, 0.25) is 0 Å². The monoisotopic (exact) mass is 584 g/mol. The van der Waals surface area contributed by atoms with Gasteiger partial charge in [0.1, 0.15) is 17.4 Å². The molecule has 41 heavy (non-hydrogen) atoms. The zero-order valence-corrected chi connectivity index (χ0v) is 25.3. The van der Waals surface area contributed by atoms with Crippen LogP contribution in [-0.4, -0.2) is 74.7 Å². The number of nitrogens with one attached hydrogen (secondary N) is 1. The van der Waals surface area contributed by atoms with Crippen molar-refractivity contribution in [2.45, 2.75) is 71.8 Å². The van der Waals surface area contributed by atoms with Gasteiger partial charge in [-0.2, -0.15) is 0 Å². The summed E-state index contributed by atoms with van der Waals surface area (Å²) in [6, 6.07) is -0.0529. The second kappa shape index (κ2) is 12.0. The van der Waals surface area contributed by atoms with Crippen molar-refractivity contribution in [1.82, 2.24) is 33.8 Å². The van der Waals surface area contributed by atoms with Gasteiger partial charge in [-0.05, 0) is 57.8 Å². The van der Waals surface area contributed by atoms with E-state index in [0.717, 1.165) is 31.4 Å². The molecule has 3 aromatic heterocycles. The van der Waals surface area contributed by atoms with E-state index in [4.69, 9.17) is 9.72 Å². The highest BCUT2D eigenvalue weighted by atomic mass is 32.2. The SMILES string of the molecule is CCN(CCC(C)CNc1nc2cnc(-c3c(OC)ncnc3C3CC3)nc2n([C@H](C)C2CC2)c1=O)S(=O)(=O)CC. The van der Waals surface area contributed by atoms with Crippen LogP contribution >= 0.6 is 0 Å². The van der Waals surface area contributed by atoms with E-state index in [1.54, 1.807) is 24.8 Å². The quantitative estimate of drug-likeness (QED) is 0.298. The molecule has 3 aromatic rings. The van der Waals surface area contributed by atoms with Gasteiger partial charge in [-0.15, -0.1) is 0 Å². The van der Waals surface area contributed by atoms with Crippen LogP contribution in [0.3, 0.4) is 0 Å². The predicted molar refractivity (Wildman–Crippen MR) is 158 cm³/mol. The van der Waals surface area contributed by atoms with Crippen LogP contribution in [0.5, 0.6) is 5.88 Å². The third-order valence-electron chi connectivity index (χ3n) is 8.17. The highest BCUT2D eigenvalue weighted by Crippen LogP contribution is 2.45. The van der Waals surface area contributed by atoms with Gasteiger partial charge in [0.15, 0.2) is 17.3 Å². The Morgan fingerprint density at radius 2 is 1.88 bits per heavy atom. The molecule has 0 bridgehead atoms. The third-order valence-corrected chi connectivity index (χ3v) is 10.1. The summed E-state index contributed by atoms with van der Waals surface area (Å²) in [7, 11) is -1.67. The van der Waals surface area contributed by atoms with E-state index in [1.165, 1.54) is 10.6 Å². The first kappa shape index (κ1) is 29.3. The molecule has 12 nitrogen and oxygen atoms in total. The number of anilines is 1. The molecule has 2 saturated carbocycles. The highest BCUT2D eigenvalue weighted by molar-refractivity contribution is 7.89. The molecule has 0 aromatic carbocycles. The number of methoxy groups -OCH3 is 1. The minimum absolute atomic E-state index is 0.0529. The summed E-state index contributed by atoms with van der Waals surface area (Å²) in [6.07, 6.45) is 8.04. The van der Waals surface area contributed by atoms with Gasteiger partial charge < -0.3 is 10.1 Å².